The SMILES string of the molecule is Cc1cc(-c2ccc(N)c(/C(Cl)=C\N)c2)ccc1N. The van der Waals surface area contributed by atoms with Crippen LogP contribution in [0.3, 0.4) is 0 Å². The molecular weight excluding hydrogens is 258 g/mol. The van der Waals surface area contributed by atoms with Crippen molar-refractivity contribution in [1.82, 2.24) is 0 Å². The summed E-state index contributed by atoms with van der Waals surface area (Å²) < 4.78 is 0. The molecule has 0 unspecified atom stereocenters. The van der Waals surface area contributed by atoms with E-state index < -0.39 is 0 Å². The number of halogens is 1. The van der Waals surface area contributed by atoms with Gasteiger partial charge in [0.1, 0.15) is 0 Å². The highest BCUT2D eigenvalue weighted by Gasteiger charge is 2.07. The van der Waals surface area contributed by atoms with Crippen molar-refractivity contribution >= 4 is 28.0 Å². The van der Waals surface area contributed by atoms with Crippen LogP contribution in [-0.4, -0.2) is 0 Å². The van der Waals surface area contributed by atoms with Crippen LogP contribution in [0.5, 0.6) is 0 Å². The number of nitrogens with two attached hydrogens (primary N) is 3. The molecule has 0 bridgehead atoms. The van der Waals surface area contributed by atoms with E-state index in [9.17, 15) is 0 Å². The summed E-state index contributed by atoms with van der Waals surface area (Å²) in [6.07, 6.45) is 1.34. The third-order valence-electron chi connectivity index (χ3n) is 3.06. The van der Waals surface area contributed by atoms with Crippen LogP contribution in [0, 0.1) is 6.92 Å². The molecule has 0 spiro atoms. The molecule has 0 saturated heterocycles. The van der Waals surface area contributed by atoms with Crippen LogP contribution in [0.4, 0.5) is 11.4 Å². The highest BCUT2D eigenvalue weighted by Crippen LogP contribution is 2.30. The Morgan fingerprint density at radius 2 is 1.58 bits per heavy atom. The van der Waals surface area contributed by atoms with Crippen LogP contribution in [0.25, 0.3) is 16.2 Å². The molecule has 0 fully saturated rings. The number of hydrogen-bond acceptors (Lipinski definition) is 3. The van der Waals surface area contributed by atoms with Gasteiger partial charge in [-0.25, -0.2) is 0 Å². The van der Waals surface area contributed by atoms with Crippen molar-refractivity contribution < 1.29 is 0 Å². The molecule has 0 radical (unpaired) electrons. The zero-order chi connectivity index (χ0) is 14.0. The Bertz CT molecular complexity index is 648. The summed E-state index contributed by atoms with van der Waals surface area (Å²) in [5.74, 6) is 0. The molecule has 6 N–H and O–H groups in total. The van der Waals surface area contributed by atoms with E-state index in [0.717, 1.165) is 27.9 Å². The molecule has 2 aromatic rings. The Morgan fingerprint density at radius 1 is 1.00 bits per heavy atom. The van der Waals surface area contributed by atoms with E-state index in [1.807, 2.05) is 43.3 Å². The first-order valence-electron chi connectivity index (χ1n) is 5.86. The Morgan fingerprint density at radius 3 is 2.16 bits per heavy atom. The lowest BCUT2D eigenvalue weighted by Gasteiger charge is -2.09. The minimum atomic E-state index is 0.437. The summed E-state index contributed by atoms with van der Waals surface area (Å²) in [5.41, 5.74) is 22.4. The van der Waals surface area contributed by atoms with Crippen LogP contribution in [0.15, 0.2) is 42.6 Å². The van der Waals surface area contributed by atoms with E-state index >= 15 is 0 Å². The second kappa shape index (κ2) is 5.24. The molecule has 0 saturated carbocycles. The number of hydrogen-bond donors (Lipinski definition) is 3. The van der Waals surface area contributed by atoms with Crippen molar-refractivity contribution in [3.8, 4) is 11.1 Å². The lowest BCUT2D eigenvalue weighted by atomic mass is 9.99. The van der Waals surface area contributed by atoms with Crippen LogP contribution in [-0.2, 0) is 0 Å². The zero-order valence-electron chi connectivity index (χ0n) is 10.7. The molecular formula is C15H16ClN3. The van der Waals surface area contributed by atoms with Crippen molar-refractivity contribution in [2.75, 3.05) is 11.5 Å². The quantitative estimate of drug-likeness (QED) is 0.735. The molecule has 0 amide bonds. The normalized spacial score (nSPS) is 11.6. The van der Waals surface area contributed by atoms with Crippen molar-refractivity contribution in [1.29, 1.82) is 0 Å². The van der Waals surface area contributed by atoms with Gasteiger partial charge >= 0.3 is 0 Å². The van der Waals surface area contributed by atoms with Gasteiger partial charge in [-0.3, -0.25) is 0 Å². The maximum Gasteiger partial charge on any atom is 0.0653 e. The minimum Gasteiger partial charge on any atom is -0.403 e. The molecule has 98 valence electrons. The molecule has 0 aliphatic carbocycles. The monoisotopic (exact) mass is 273 g/mol. The number of aryl methyl sites for hydroxylation is 1. The molecule has 19 heavy (non-hydrogen) atoms. The zero-order valence-corrected chi connectivity index (χ0v) is 11.4. The number of rotatable bonds is 2. The number of benzene rings is 2. The van der Waals surface area contributed by atoms with Crippen molar-refractivity contribution in [2.45, 2.75) is 6.92 Å². The van der Waals surface area contributed by atoms with Gasteiger partial charge in [0.2, 0.25) is 0 Å². The van der Waals surface area contributed by atoms with Crippen molar-refractivity contribution in [3.63, 3.8) is 0 Å². The third kappa shape index (κ3) is 2.66. The molecule has 0 atom stereocenters. The molecule has 0 aliphatic heterocycles. The highest BCUT2D eigenvalue weighted by atomic mass is 35.5. The average Bonchev–Trinajstić information content (AvgIpc) is 2.41. The number of anilines is 2. The van der Waals surface area contributed by atoms with Gasteiger partial charge in [0.15, 0.2) is 0 Å². The third-order valence-corrected chi connectivity index (χ3v) is 3.39. The lowest BCUT2D eigenvalue weighted by molar-refractivity contribution is 1.46. The molecule has 4 heteroatoms. The second-order valence-corrected chi connectivity index (χ2v) is 4.80. The molecule has 0 aliphatic rings. The van der Waals surface area contributed by atoms with Gasteiger partial charge in [0.25, 0.3) is 0 Å². The first-order valence-corrected chi connectivity index (χ1v) is 6.24. The summed E-state index contributed by atoms with van der Waals surface area (Å²) in [6.45, 7) is 1.98. The van der Waals surface area contributed by atoms with Crippen LogP contribution in [0.1, 0.15) is 11.1 Å². The van der Waals surface area contributed by atoms with Crippen molar-refractivity contribution in [2.24, 2.45) is 5.73 Å². The standard InChI is InChI=1S/C15H16ClN3/c1-9-6-10(2-4-14(9)18)11-3-5-15(19)12(7-11)13(16)8-17/h2-8H,17-19H2,1H3/b13-8+. The van der Waals surface area contributed by atoms with Crippen LogP contribution < -0.4 is 17.2 Å². The Labute approximate surface area is 117 Å². The molecule has 3 nitrogen and oxygen atoms in total. The van der Waals surface area contributed by atoms with Crippen LogP contribution >= 0.6 is 11.6 Å². The first-order chi connectivity index (χ1) is 9.02. The van der Waals surface area contributed by atoms with E-state index in [4.69, 9.17) is 28.8 Å². The molecule has 0 aromatic heterocycles. The van der Waals surface area contributed by atoms with Gasteiger partial charge in [-0.2, -0.15) is 0 Å². The fourth-order valence-electron chi connectivity index (χ4n) is 1.89. The summed E-state index contributed by atoms with van der Waals surface area (Å²) in [7, 11) is 0. The van der Waals surface area contributed by atoms with E-state index in [1.165, 1.54) is 6.20 Å². The van der Waals surface area contributed by atoms with Gasteiger partial charge in [-0.1, -0.05) is 23.7 Å². The summed E-state index contributed by atoms with van der Waals surface area (Å²) >= 11 is 6.05. The second-order valence-electron chi connectivity index (χ2n) is 4.39. The average molecular weight is 274 g/mol. The largest absolute Gasteiger partial charge is 0.403 e. The predicted octanol–water partition coefficient (Wildman–Crippen LogP) is 3.32. The molecule has 2 aromatic carbocycles. The summed E-state index contributed by atoms with van der Waals surface area (Å²) in [6, 6.07) is 11.6. The number of nitrogen functional groups attached to an aromatic ring is 2. The first kappa shape index (κ1) is 13.3. The summed E-state index contributed by atoms with van der Waals surface area (Å²) in [5, 5.41) is 0.437. The van der Waals surface area contributed by atoms with E-state index in [2.05, 4.69) is 0 Å². The van der Waals surface area contributed by atoms with E-state index in [0.29, 0.717) is 10.7 Å². The lowest BCUT2D eigenvalue weighted by Crippen LogP contribution is -1.94. The Kier molecular flexibility index (Phi) is 3.67. The van der Waals surface area contributed by atoms with Gasteiger partial charge < -0.3 is 17.2 Å². The molecule has 2 rings (SSSR count). The fraction of sp³-hybridized carbons (Fsp3) is 0.0667. The topological polar surface area (TPSA) is 78.1 Å². The van der Waals surface area contributed by atoms with Crippen molar-refractivity contribution in [3.05, 3.63) is 53.7 Å². The minimum absolute atomic E-state index is 0.437. The van der Waals surface area contributed by atoms with E-state index in [-0.39, 0.29) is 0 Å². The molecule has 0 heterocycles. The maximum atomic E-state index is 6.05. The Balaban J connectivity index is 2.54. The van der Waals surface area contributed by atoms with Gasteiger partial charge in [-0.15, -0.1) is 0 Å². The van der Waals surface area contributed by atoms with Crippen LogP contribution in [0.2, 0.25) is 0 Å². The maximum absolute atomic E-state index is 6.05. The predicted molar refractivity (Wildman–Crippen MR) is 83.5 cm³/mol. The highest BCUT2D eigenvalue weighted by molar-refractivity contribution is 6.49. The van der Waals surface area contributed by atoms with Gasteiger partial charge in [0, 0.05) is 23.1 Å². The van der Waals surface area contributed by atoms with E-state index in [1.54, 1.807) is 0 Å². The summed E-state index contributed by atoms with van der Waals surface area (Å²) in [4.78, 5) is 0. The smallest absolute Gasteiger partial charge is 0.0653 e. The van der Waals surface area contributed by atoms with Gasteiger partial charge in [-0.05, 0) is 47.9 Å². The Hall–Kier alpha value is -2.13. The fourth-order valence-corrected chi connectivity index (χ4v) is 2.05. The van der Waals surface area contributed by atoms with Gasteiger partial charge in [0.05, 0.1) is 5.03 Å².